The zero-order valence-electron chi connectivity index (χ0n) is 15.5. The Hall–Kier alpha value is -3.29. The molecule has 0 aliphatic carbocycles. The van der Waals surface area contributed by atoms with Gasteiger partial charge >= 0.3 is 165 Å². The molecule has 4 aromatic rings. The van der Waals surface area contributed by atoms with Gasteiger partial charge in [-0.2, -0.15) is 0 Å². The summed E-state index contributed by atoms with van der Waals surface area (Å²) in [5, 5.41) is 8.38. The van der Waals surface area contributed by atoms with Gasteiger partial charge in [0.2, 0.25) is 0 Å². The minimum absolute atomic E-state index is 1.10. The molecule has 0 aliphatic heterocycles. The van der Waals surface area contributed by atoms with Crippen molar-refractivity contribution in [3.8, 4) is 0 Å². The fraction of sp³-hybridized carbons (Fsp3) is 0. The first-order valence-corrected chi connectivity index (χ1v) is 11.4. The molecule has 0 heterocycles. The van der Waals surface area contributed by atoms with E-state index in [9.17, 15) is 0 Å². The number of rotatable bonds is 5. The zero-order chi connectivity index (χ0) is 19.3. The Morgan fingerprint density at radius 3 is 0.893 bits per heavy atom. The summed E-state index contributed by atoms with van der Waals surface area (Å²) in [6.45, 7) is -3.54. The monoisotopic (exact) mass is 383 g/mol. The third kappa shape index (κ3) is 2.48. The normalized spacial score (nSPS) is 13.1. The summed E-state index contributed by atoms with van der Waals surface area (Å²) in [7, 11) is 0. The number of nitrogens with zero attached hydrogens (tertiary/aromatic N) is 2. The van der Waals surface area contributed by atoms with Gasteiger partial charge in [-0.3, -0.25) is 0 Å². The Labute approximate surface area is 165 Å². The maximum atomic E-state index is 5.84. The molecule has 0 unspecified atom stereocenters. The van der Waals surface area contributed by atoms with Crippen molar-refractivity contribution in [3.63, 3.8) is 0 Å². The van der Waals surface area contributed by atoms with Crippen molar-refractivity contribution in [2.24, 2.45) is 16.0 Å². The van der Waals surface area contributed by atoms with Crippen LogP contribution in [-0.2, 0) is 0 Å². The fourth-order valence-corrected chi connectivity index (χ4v) is 9.50. The van der Waals surface area contributed by atoms with Crippen LogP contribution in [0.5, 0.6) is 0 Å². The van der Waals surface area contributed by atoms with Gasteiger partial charge in [-0.15, -0.1) is 0 Å². The molecule has 0 saturated heterocycles. The van der Waals surface area contributed by atoms with Crippen LogP contribution in [0.2, 0.25) is 0 Å². The SMILES string of the molecule is NN=NP(c1ccccc1)(c1ccccc1)(c1ccccc1)c1ccccc1. The van der Waals surface area contributed by atoms with Crippen molar-refractivity contribution in [1.82, 2.24) is 0 Å². The average molecular weight is 383 g/mol. The van der Waals surface area contributed by atoms with Gasteiger partial charge in [-0.05, 0) is 0 Å². The molecule has 0 atom stereocenters. The molecular weight excluding hydrogens is 361 g/mol. The van der Waals surface area contributed by atoms with E-state index in [-0.39, 0.29) is 0 Å². The number of hydrogen-bond acceptors (Lipinski definition) is 2. The van der Waals surface area contributed by atoms with Gasteiger partial charge < -0.3 is 0 Å². The van der Waals surface area contributed by atoms with Crippen molar-refractivity contribution in [3.05, 3.63) is 121 Å². The first kappa shape index (κ1) is 18.1. The molecule has 0 saturated carbocycles. The summed E-state index contributed by atoms with van der Waals surface area (Å²) < 4.78 is 0. The van der Waals surface area contributed by atoms with Crippen LogP contribution in [0.25, 0.3) is 0 Å². The molecule has 0 radical (unpaired) electrons. The molecule has 4 aromatic carbocycles. The summed E-state index contributed by atoms with van der Waals surface area (Å²) in [4.78, 5) is 5.00. The van der Waals surface area contributed by atoms with E-state index in [1.165, 1.54) is 0 Å². The molecule has 0 spiro atoms. The molecule has 28 heavy (non-hydrogen) atoms. The fourth-order valence-electron chi connectivity index (χ4n) is 4.08. The van der Waals surface area contributed by atoms with E-state index in [4.69, 9.17) is 10.7 Å². The Kier molecular flexibility index (Phi) is 4.77. The predicted molar refractivity (Wildman–Crippen MR) is 120 cm³/mol. The molecule has 0 amide bonds. The molecule has 4 heteroatoms. The number of hydrogen-bond donors (Lipinski definition) is 1. The molecule has 0 fully saturated rings. The van der Waals surface area contributed by atoms with Crippen molar-refractivity contribution in [2.45, 2.75) is 0 Å². The van der Waals surface area contributed by atoms with Gasteiger partial charge in [0.05, 0.1) is 0 Å². The van der Waals surface area contributed by atoms with E-state index < -0.39 is 6.75 Å². The number of benzene rings is 4. The van der Waals surface area contributed by atoms with Crippen LogP contribution >= 0.6 is 6.75 Å². The minimum atomic E-state index is -3.54. The third-order valence-electron chi connectivity index (χ3n) is 5.27. The molecule has 3 nitrogen and oxygen atoms in total. The van der Waals surface area contributed by atoms with E-state index in [0.717, 1.165) is 21.2 Å². The van der Waals surface area contributed by atoms with Crippen LogP contribution in [0.3, 0.4) is 0 Å². The second-order valence-corrected chi connectivity index (χ2v) is 11.0. The van der Waals surface area contributed by atoms with Gasteiger partial charge in [0.15, 0.2) is 0 Å². The first-order chi connectivity index (χ1) is 13.8. The van der Waals surface area contributed by atoms with Crippen LogP contribution < -0.4 is 27.1 Å². The summed E-state index contributed by atoms with van der Waals surface area (Å²) in [6, 6.07) is 41.6. The Morgan fingerprint density at radius 2 is 0.679 bits per heavy atom. The van der Waals surface area contributed by atoms with Gasteiger partial charge in [-0.1, -0.05) is 0 Å². The average Bonchev–Trinajstić information content (AvgIpc) is 2.80. The maximum absolute atomic E-state index is 5.84. The van der Waals surface area contributed by atoms with Gasteiger partial charge in [-0.25, -0.2) is 0 Å². The standard InChI is InChI=1S/C24H22N3P/c25-26-27-28(21-13-5-1-6-14-21,22-15-7-2-8-16-22,23-17-9-3-10-18-23)24-19-11-4-12-20-24/h1-20H,(H2,25,27). The third-order valence-corrected chi connectivity index (χ3v) is 10.9. The summed E-state index contributed by atoms with van der Waals surface area (Å²) >= 11 is 0. The van der Waals surface area contributed by atoms with E-state index >= 15 is 0 Å². The van der Waals surface area contributed by atoms with Crippen LogP contribution in [0, 0.1) is 0 Å². The second kappa shape index (κ2) is 7.38. The van der Waals surface area contributed by atoms with Crippen LogP contribution in [-0.4, -0.2) is 0 Å². The van der Waals surface area contributed by atoms with Crippen molar-refractivity contribution >= 4 is 28.0 Å². The zero-order valence-corrected chi connectivity index (χ0v) is 16.4. The van der Waals surface area contributed by atoms with Crippen molar-refractivity contribution < 1.29 is 0 Å². The molecule has 2 N–H and O–H groups in total. The Bertz CT molecular complexity index is 896. The van der Waals surface area contributed by atoms with E-state index in [0.29, 0.717) is 0 Å². The predicted octanol–water partition coefficient (Wildman–Crippen LogP) is 4.08. The Morgan fingerprint density at radius 1 is 0.429 bits per heavy atom. The first-order valence-electron chi connectivity index (χ1n) is 9.20. The summed E-state index contributed by atoms with van der Waals surface area (Å²) in [6.07, 6.45) is 0. The molecule has 4 rings (SSSR count). The number of nitrogens with two attached hydrogens (primary N) is 1. The molecular formula is C24H22N3P. The molecule has 138 valence electrons. The molecule has 0 aromatic heterocycles. The second-order valence-electron chi connectivity index (χ2n) is 6.62. The molecule has 0 aliphatic rings. The van der Waals surface area contributed by atoms with E-state index in [2.05, 4.69) is 102 Å². The Balaban J connectivity index is 2.32. The van der Waals surface area contributed by atoms with Gasteiger partial charge in [0.25, 0.3) is 0 Å². The van der Waals surface area contributed by atoms with Crippen molar-refractivity contribution in [1.29, 1.82) is 0 Å². The van der Waals surface area contributed by atoms with Crippen LogP contribution in [0.1, 0.15) is 0 Å². The van der Waals surface area contributed by atoms with Crippen molar-refractivity contribution in [2.75, 3.05) is 0 Å². The summed E-state index contributed by atoms with van der Waals surface area (Å²) in [5.41, 5.74) is 0. The summed E-state index contributed by atoms with van der Waals surface area (Å²) in [5.74, 6) is 5.84. The van der Waals surface area contributed by atoms with Gasteiger partial charge in [0.1, 0.15) is 0 Å². The van der Waals surface area contributed by atoms with Gasteiger partial charge in [0, 0.05) is 0 Å². The topological polar surface area (TPSA) is 50.7 Å². The van der Waals surface area contributed by atoms with Crippen LogP contribution in [0.15, 0.2) is 131 Å². The molecule has 0 bridgehead atoms. The van der Waals surface area contributed by atoms with E-state index in [1.54, 1.807) is 0 Å². The van der Waals surface area contributed by atoms with Crippen LogP contribution in [0.4, 0.5) is 0 Å². The quantitative estimate of drug-likeness (QED) is 0.240. The van der Waals surface area contributed by atoms with E-state index in [1.807, 2.05) is 24.3 Å².